The van der Waals surface area contributed by atoms with Crippen LogP contribution in [0.25, 0.3) is 0 Å². The lowest BCUT2D eigenvalue weighted by molar-refractivity contribution is -0.132. The molecular formula is C24H25ClN4O3S. The van der Waals surface area contributed by atoms with Crippen LogP contribution in [-0.2, 0) is 27.9 Å². The fourth-order valence-corrected chi connectivity index (χ4v) is 5.67. The first-order valence-electron chi connectivity index (χ1n) is 10.3. The maximum absolute atomic E-state index is 13.3. The monoisotopic (exact) mass is 484 g/mol. The number of hydrogen-bond acceptors (Lipinski definition) is 4. The first-order chi connectivity index (χ1) is 15.7. The molecule has 1 amide bonds. The lowest BCUT2D eigenvalue weighted by atomic mass is 10.1. The fraction of sp³-hybridized carbons (Fsp3) is 0.250. The molecule has 0 fully saturated rings. The zero-order chi connectivity index (χ0) is 24.0. The molecule has 0 radical (unpaired) electrons. The van der Waals surface area contributed by atoms with Crippen molar-refractivity contribution < 1.29 is 13.2 Å². The fourth-order valence-electron chi connectivity index (χ4n) is 3.62. The van der Waals surface area contributed by atoms with Gasteiger partial charge in [0, 0.05) is 26.3 Å². The Kier molecular flexibility index (Phi) is 7.92. The van der Waals surface area contributed by atoms with Gasteiger partial charge in [0.1, 0.15) is 22.7 Å². The van der Waals surface area contributed by atoms with Gasteiger partial charge in [0.15, 0.2) is 0 Å². The summed E-state index contributed by atoms with van der Waals surface area (Å²) in [6.07, 6.45) is 1.88. The third-order valence-corrected chi connectivity index (χ3v) is 7.37. The van der Waals surface area contributed by atoms with Gasteiger partial charge in [-0.05, 0) is 42.7 Å². The minimum atomic E-state index is -4.08. The molecule has 1 N–H and O–H groups in total. The number of aryl methyl sites for hydroxylation is 2. The summed E-state index contributed by atoms with van der Waals surface area (Å²) in [6, 6.07) is 18.7. The van der Waals surface area contributed by atoms with E-state index >= 15 is 0 Å². The number of hydrogen-bond donors (Lipinski definition) is 1. The molecule has 3 rings (SSSR count). The quantitative estimate of drug-likeness (QED) is 0.500. The first kappa shape index (κ1) is 24.5. The molecule has 0 saturated heterocycles. The van der Waals surface area contributed by atoms with Crippen LogP contribution >= 0.6 is 11.6 Å². The lowest BCUT2D eigenvalue weighted by Crippen LogP contribution is -2.47. The van der Waals surface area contributed by atoms with Crippen molar-refractivity contribution in [2.45, 2.75) is 37.4 Å². The number of carbonyl (C=O) groups is 1. The average molecular weight is 485 g/mol. The molecule has 0 aliphatic heterocycles. The normalized spacial score (nSPS) is 12.2. The van der Waals surface area contributed by atoms with E-state index in [9.17, 15) is 18.5 Å². The van der Waals surface area contributed by atoms with E-state index in [0.29, 0.717) is 17.8 Å². The number of carbonyl (C=O) groups excluding carboxylic acids is 1. The van der Waals surface area contributed by atoms with Crippen LogP contribution in [0.4, 0.5) is 0 Å². The number of likely N-dealkylation sites (N-methyl/N-ethyl adjacent to an activating group) is 1. The maximum Gasteiger partial charge on any atom is 0.243 e. The van der Waals surface area contributed by atoms with Gasteiger partial charge >= 0.3 is 0 Å². The Morgan fingerprint density at radius 2 is 1.88 bits per heavy atom. The third kappa shape index (κ3) is 6.02. The summed E-state index contributed by atoms with van der Waals surface area (Å²) >= 11 is 6.19. The highest BCUT2D eigenvalue weighted by atomic mass is 35.5. The molecule has 3 aromatic rings. The van der Waals surface area contributed by atoms with E-state index in [2.05, 4.69) is 10.8 Å². The number of amides is 1. The number of rotatable bonds is 9. The molecule has 0 aliphatic rings. The van der Waals surface area contributed by atoms with Crippen molar-refractivity contribution in [3.8, 4) is 6.07 Å². The van der Waals surface area contributed by atoms with Crippen molar-refractivity contribution in [2.24, 2.45) is 0 Å². The summed E-state index contributed by atoms with van der Waals surface area (Å²) < 4.78 is 30.7. The van der Waals surface area contributed by atoms with E-state index in [1.807, 2.05) is 30.3 Å². The summed E-state index contributed by atoms with van der Waals surface area (Å²) in [6.45, 7) is 2.27. The van der Waals surface area contributed by atoms with E-state index < -0.39 is 16.1 Å². The molecule has 1 unspecified atom stereocenters. The van der Waals surface area contributed by atoms with Gasteiger partial charge in [0.25, 0.3) is 0 Å². The van der Waals surface area contributed by atoms with Gasteiger partial charge in [-0.1, -0.05) is 54.1 Å². The van der Waals surface area contributed by atoms with Crippen LogP contribution in [0.1, 0.15) is 23.2 Å². The minimum absolute atomic E-state index is 0.0474. The van der Waals surface area contributed by atoms with Gasteiger partial charge in [-0.3, -0.25) is 4.79 Å². The van der Waals surface area contributed by atoms with Crippen LogP contribution < -0.4 is 4.72 Å². The van der Waals surface area contributed by atoms with Crippen molar-refractivity contribution in [2.75, 3.05) is 7.05 Å². The number of halogens is 1. The summed E-state index contributed by atoms with van der Waals surface area (Å²) in [5, 5.41) is 9.34. The largest absolute Gasteiger partial charge is 0.340 e. The van der Waals surface area contributed by atoms with E-state index in [-0.39, 0.29) is 28.8 Å². The minimum Gasteiger partial charge on any atom is -0.340 e. The topological polar surface area (TPSA) is 95.2 Å². The molecule has 9 heteroatoms. The Bertz CT molecular complexity index is 1250. The maximum atomic E-state index is 13.3. The molecule has 1 heterocycles. The number of aromatic nitrogens is 1. The van der Waals surface area contributed by atoms with Gasteiger partial charge in [0.2, 0.25) is 15.9 Å². The van der Waals surface area contributed by atoms with Crippen LogP contribution in [0, 0.1) is 18.3 Å². The predicted molar refractivity (Wildman–Crippen MR) is 127 cm³/mol. The van der Waals surface area contributed by atoms with E-state index in [0.717, 1.165) is 5.56 Å². The zero-order valence-electron chi connectivity index (χ0n) is 18.4. The average Bonchev–Trinajstić information content (AvgIpc) is 3.24. The zero-order valence-corrected chi connectivity index (χ0v) is 20.0. The Balaban J connectivity index is 1.87. The van der Waals surface area contributed by atoms with E-state index in [4.69, 9.17) is 11.6 Å². The molecule has 0 aliphatic carbocycles. The van der Waals surface area contributed by atoms with Gasteiger partial charge in [-0.2, -0.15) is 9.98 Å². The molecule has 0 spiro atoms. The summed E-state index contributed by atoms with van der Waals surface area (Å²) in [5.74, 6) is -0.377. The second-order valence-corrected chi connectivity index (χ2v) is 9.78. The Hall–Kier alpha value is -3.12. The van der Waals surface area contributed by atoms with Crippen molar-refractivity contribution >= 4 is 27.5 Å². The second kappa shape index (κ2) is 10.7. The van der Waals surface area contributed by atoms with Crippen molar-refractivity contribution in [3.63, 3.8) is 0 Å². The highest BCUT2D eigenvalue weighted by Gasteiger charge is 2.30. The van der Waals surface area contributed by atoms with Crippen LogP contribution in [-0.4, -0.2) is 36.9 Å². The summed E-state index contributed by atoms with van der Waals surface area (Å²) in [5.41, 5.74) is 1.84. The highest BCUT2D eigenvalue weighted by Crippen LogP contribution is 2.25. The molecule has 0 bridgehead atoms. The molecule has 33 heavy (non-hydrogen) atoms. The van der Waals surface area contributed by atoms with Crippen molar-refractivity contribution in [1.82, 2.24) is 14.2 Å². The number of sulfonamides is 1. The van der Waals surface area contributed by atoms with Crippen molar-refractivity contribution in [3.05, 3.63) is 88.7 Å². The molecule has 0 saturated carbocycles. The molecular weight excluding hydrogens is 460 g/mol. The second-order valence-electron chi connectivity index (χ2n) is 7.73. The molecule has 172 valence electrons. The predicted octanol–water partition coefficient (Wildman–Crippen LogP) is 3.72. The van der Waals surface area contributed by atoms with Gasteiger partial charge in [-0.15, -0.1) is 0 Å². The third-order valence-electron chi connectivity index (χ3n) is 5.27. The van der Waals surface area contributed by atoms with Gasteiger partial charge in [0.05, 0.1) is 5.02 Å². The smallest absolute Gasteiger partial charge is 0.243 e. The standard InChI is InChI=1S/C24H25ClN4O3S/c1-18-8-6-12-21(25)23(18)33(31,32)27-22(13-15-29-14-7-11-20(29)16-26)24(30)28(2)17-19-9-4-3-5-10-19/h3-12,14,22,27H,13,15,17H2,1-2H3. The Morgan fingerprint density at radius 1 is 1.15 bits per heavy atom. The number of nitriles is 1. The number of nitrogens with one attached hydrogen (secondary N) is 1. The Morgan fingerprint density at radius 3 is 2.55 bits per heavy atom. The Labute approximate surface area is 199 Å². The van der Waals surface area contributed by atoms with Crippen LogP contribution in [0.15, 0.2) is 71.8 Å². The van der Waals surface area contributed by atoms with Crippen molar-refractivity contribution in [1.29, 1.82) is 5.26 Å². The molecule has 1 aromatic heterocycles. The van der Waals surface area contributed by atoms with Crippen LogP contribution in [0.3, 0.4) is 0 Å². The van der Waals surface area contributed by atoms with Crippen LogP contribution in [0.5, 0.6) is 0 Å². The lowest BCUT2D eigenvalue weighted by Gasteiger charge is -2.25. The number of nitrogens with zero attached hydrogens (tertiary/aromatic N) is 3. The molecule has 1 atom stereocenters. The molecule has 7 nitrogen and oxygen atoms in total. The van der Waals surface area contributed by atoms with Gasteiger partial charge in [-0.25, -0.2) is 8.42 Å². The number of benzene rings is 2. The van der Waals surface area contributed by atoms with Gasteiger partial charge < -0.3 is 9.47 Å². The molecule has 2 aromatic carbocycles. The van der Waals surface area contributed by atoms with Crippen LogP contribution in [0.2, 0.25) is 5.02 Å². The first-order valence-corrected chi connectivity index (χ1v) is 12.2. The summed E-state index contributed by atoms with van der Waals surface area (Å²) in [4.78, 5) is 14.8. The summed E-state index contributed by atoms with van der Waals surface area (Å²) in [7, 11) is -2.45. The highest BCUT2D eigenvalue weighted by molar-refractivity contribution is 7.89. The van der Waals surface area contributed by atoms with E-state index in [1.165, 1.54) is 11.0 Å². The van der Waals surface area contributed by atoms with E-state index in [1.54, 1.807) is 49.0 Å². The SMILES string of the molecule is Cc1cccc(Cl)c1S(=O)(=O)NC(CCn1cccc1C#N)C(=O)N(C)Cc1ccccc1.